The fraction of sp³-hybridized carbons (Fsp3) is 0.688. The first-order chi connectivity index (χ1) is 12.1. The maximum atomic E-state index is 13.0. The molecule has 146 valence electrons. The number of rotatable bonds is 5. The van der Waals surface area contributed by atoms with Crippen molar-refractivity contribution in [1.29, 1.82) is 0 Å². The Morgan fingerprint density at radius 2 is 1.88 bits per heavy atom. The number of nitrogens with one attached hydrogen (secondary N) is 1. The van der Waals surface area contributed by atoms with Crippen molar-refractivity contribution in [2.75, 3.05) is 32.7 Å². The molecule has 1 aromatic heterocycles. The molecule has 2 amide bonds. The van der Waals surface area contributed by atoms with E-state index in [2.05, 4.69) is 10.4 Å². The maximum absolute atomic E-state index is 13.0. The molecule has 10 heteroatoms. The van der Waals surface area contributed by atoms with Crippen molar-refractivity contribution in [1.82, 2.24) is 24.9 Å². The zero-order valence-electron chi connectivity index (χ0n) is 15.1. The highest BCUT2D eigenvalue weighted by Gasteiger charge is 2.40. The van der Waals surface area contributed by atoms with E-state index >= 15 is 0 Å². The number of piperazine rings is 1. The number of carbonyl (C=O) groups excluding carboxylic acids is 2. The Morgan fingerprint density at radius 3 is 2.42 bits per heavy atom. The number of amides is 2. The Kier molecular flexibility index (Phi) is 6.27. The van der Waals surface area contributed by atoms with Crippen molar-refractivity contribution in [3.8, 4) is 0 Å². The lowest BCUT2D eigenvalue weighted by Gasteiger charge is -2.34. The molecular formula is C16H24F3N5O2. The first-order valence-corrected chi connectivity index (χ1v) is 8.53. The van der Waals surface area contributed by atoms with Crippen LogP contribution < -0.4 is 5.32 Å². The van der Waals surface area contributed by atoms with Crippen LogP contribution in [0.2, 0.25) is 0 Å². The predicted molar refractivity (Wildman–Crippen MR) is 88.4 cm³/mol. The number of halogens is 3. The number of hydrogen-bond acceptors (Lipinski definition) is 4. The average Bonchev–Trinajstić information content (AvgIpc) is 2.97. The number of hydrogen-bond donors (Lipinski definition) is 1. The van der Waals surface area contributed by atoms with E-state index in [0.29, 0.717) is 13.1 Å². The first-order valence-electron chi connectivity index (χ1n) is 8.53. The summed E-state index contributed by atoms with van der Waals surface area (Å²) in [6.45, 7) is 5.50. The quantitative estimate of drug-likeness (QED) is 0.837. The first kappa shape index (κ1) is 20.2. The highest BCUT2D eigenvalue weighted by atomic mass is 19.4. The Labute approximate surface area is 150 Å². The third-order valence-corrected chi connectivity index (χ3v) is 4.37. The van der Waals surface area contributed by atoms with Crippen molar-refractivity contribution in [2.45, 2.75) is 32.5 Å². The van der Waals surface area contributed by atoms with Gasteiger partial charge in [0.2, 0.25) is 5.91 Å². The zero-order chi connectivity index (χ0) is 19.5. The molecule has 0 aliphatic carbocycles. The molecule has 1 aliphatic heterocycles. The Morgan fingerprint density at radius 1 is 1.27 bits per heavy atom. The molecule has 1 aliphatic rings. The van der Waals surface area contributed by atoms with Gasteiger partial charge in [0, 0.05) is 45.5 Å². The van der Waals surface area contributed by atoms with Crippen molar-refractivity contribution < 1.29 is 22.8 Å². The van der Waals surface area contributed by atoms with Gasteiger partial charge in [-0.3, -0.25) is 19.2 Å². The summed E-state index contributed by atoms with van der Waals surface area (Å²) >= 11 is 0. The van der Waals surface area contributed by atoms with Gasteiger partial charge in [0.1, 0.15) is 0 Å². The van der Waals surface area contributed by atoms with Crippen LogP contribution in [0, 0.1) is 0 Å². The van der Waals surface area contributed by atoms with Crippen LogP contribution in [-0.4, -0.2) is 70.2 Å². The summed E-state index contributed by atoms with van der Waals surface area (Å²) in [5.41, 5.74) is -1.61. The van der Waals surface area contributed by atoms with Crippen LogP contribution in [0.1, 0.15) is 36.3 Å². The molecular weight excluding hydrogens is 351 g/mol. The second-order valence-corrected chi connectivity index (χ2v) is 6.51. The van der Waals surface area contributed by atoms with E-state index in [-0.39, 0.29) is 31.6 Å². The number of nitrogens with zero attached hydrogens (tertiary/aromatic N) is 4. The van der Waals surface area contributed by atoms with E-state index in [1.165, 1.54) is 11.9 Å². The van der Waals surface area contributed by atoms with Crippen LogP contribution in [0.15, 0.2) is 6.20 Å². The highest BCUT2D eigenvalue weighted by molar-refractivity contribution is 5.95. The molecule has 2 rings (SSSR count). The predicted octanol–water partition coefficient (Wildman–Crippen LogP) is 1.11. The fourth-order valence-electron chi connectivity index (χ4n) is 2.76. The average molecular weight is 375 g/mol. The molecule has 1 unspecified atom stereocenters. The molecule has 2 heterocycles. The van der Waals surface area contributed by atoms with Crippen LogP contribution in [-0.2, 0) is 18.0 Å². The van der Waals surface area contributed by atoms with Gasteiger partial charge in [0.05, 0.1) is 12.1 Å². The summed E-state index contributed by atoms with van der Waals surface area (Å²) in [7, 11) is 1.35. The second kappa shape index (κ2) is 8.07. The second-order valence-electron chi connectivity index (χ2n) is 6.51. The van der Waals surface area contributed by atoms with Crippen LogP contribution in [0.25, 0.3) is 0 Å². The molecule has 1 N–H and O–H groups in total. The van der Waals surface area contributed by atoms with Crippen molar-refractivity contribution in [3.05, 3.63) is 17.5 Å². The Balaban J connectivity index is 1.94. The van der Waals surface area contributed by atoms with Crippen LogP contribution >= 0.6 is 0 Å². The summed E-state index contributed by atoms with van der Waals surface area (Å²) in [6, 6.07) is 0.0942. The summed E-state index contributed by atoms with van der Waals surface area (Å²) < 4.78 is 40.1. The number of aromatic nitrogens is 2. The van der Waals surface area contributed by atoms with Crippen LogP contribution in [0.4, 0.5) is 13.2 Å². The summed E-state index contributed by atoms with van der Waals surface area (Å²) in [5.74, 6) is -0.778. The van der Waals surface area contributed by atoms with Crippen LogP contribution in [0.5, 0.6) is 0 Å². The maximum Gasteiger partial charge on any atom is 0.435 e. The smallest absolute Gasteiger partial charge is 0.353 e. The summed E-state index contributed by atoms with van der Waals surface area (Å²) in [6.07, 6.45) is -2.75. The number of carbonyl (C=O) groups is 2. The number of alkyl halides is 3. The summed E-state index contributed by atoms with van der Waals surface area (Å²) in [5, 5.41) is 6.23. The van der Waals surface area contributed by atoms with Gasteiger partial charge in [-0.2, -0.15) is 18.3 Å². The van der Waals surface area contributed by atoms with Crippen molar-refractivity contribution >= 4 is 11.8 Å². The van der Waals surface area contributed by atoms with E-state index < -0.39 is 23.3 Å². The van der Waals surface area contributed by atoms with E-state index in [0.717, 1.165) is 17.3 Å². The molecule has 0 spiro atoms. The monoisotopic (exact) mass is 375 g/mol. The SMILES string of the molecule is CCC(C)NC(=O)CN1CCN(C(=O)c2cn(C)nc2C(F)(F)F)CC1. The lowest BCUT2D eigenvalue weighted by molar-refractivity contribution is -0.141. The van der Waals surface area contributed by atoms with Gasteiger partial charge >= 0.3 is 6.18 Å². The zero-order valence-corrected chi connectivity index (χ0v) is 15.1. The van der Waals surface area contributed by atoms with Crippen molar-refractivity contribution in [2.24, 2.45) is 7.05 Å². The minimum absolute atomic E-state index is 0.0919. The standard InChI is InChI=1S/C16H24F3N5O2/c1-4-11(2)20-13(25)10-23-5-7-24(8-6-23)15(26)12-9-22(3)21-14(12)16(17,18)19/h9,11H,4-8,10H2,1-3H3,(H,20,25). The van der Waals surface area contributed by atoms with Gasteiger partial charge in [0.15, 0.2) is 5.69 Å². The molecule has 0 radical (unpaired) electrons. The Bertz CT molecular complexity index is 651. The Hall–Kier alpha value is -2.10. The summed E-state index contributed by atoms with van der Waals surface area (Å²) in [4.78, 5) is 27.6. The van der Waals surface area contributed by atoms with Gasteiger partial charge in [-0.1, -0.05) is 6.92 Å². The minimum Gasteiger partial charge on any atom is -0.353 e. The van der Waals surface area contributed by atoms with Gasteiger partial charge < -0.3 is 10.2 Å². The molecule has 7 nitrogen and oxygen atoms in total. The molecule has 1 atom stereocenters. The van der Waals surface area contributed by atoms with E-state index in [9.17, 15) is 22.8 Å². The van der Waals surface area contributed by atoms with E-state index in [4.69, 9.17) is 0 Å². The topological polar surface area (TPSA) is 70.5 Å². The molecule has 0 aromatic carbocycles. The fourth-order valence-corrected chi connectivity index (χ4v) is 2.76. The van der Waals surface area contributed by atoms with Gasteiger partial charge in [-0.05, 0) is 13.3 Å². The lowest BCUT2D eigenvalue weighted by Crippen LogP contribution is -2.51. The molecule has 0 bridgehead atoms. The third-order valence-electron chi connectivity index (χ3n) is 4.37. The molecule has 1 aromatic rings. The van der Waals surface area contributed by atoms with E-state index in [1.807, 2.05) is 18.7 Å². The molecule has 0 saturated carbocycles. The van der Waals surface area contributed by atoms with Gasteiger partial charge in [-0.25, -0.2) is 0 Å². The molecule has 1 saturated heterocycles. The largest absolute Gasteiger partial charge is 0.435 e. The van der Waals surface area contributed by atoms with Crippen LogP contribution in [0.3, 0.4) is 0 Å². The van der Waals surface area contributed by atoms with Gasteiger partial charge in [-0.15, -0.1) is 0 Å². The molecule has 26 heavy (non-hydrogen) atoms. The number of aryl methyl sites for hydroxylation is 1. The molecule has 1 fully saturated rings. The highest BCUT2D eigenvalue weighted by Crippen LogP contribution is 2.31. The lowest BCUT2D eigenvalue weighted by atomic mass is 10.2. The minimum atomic E-state index is -4.68. The van der Waals surface area contributed by atoms with Gasteiger partial charge in [0.25, 0.3) is 5.91 Å². The van der Waals surface area contributed by atoms with Crippen molar-refractivity contribution in [3.63, 3.8) is 0 Å². The normalized spacial score (nSPS) is 17.2. The van der Waals surface area contributed by atoms with E-state index in [1.54, 1.807) is 0 Å². The third kappa shape index (κ3) is 4.96.